The number of nitrogens with zero attached hydrogens (tertiary/aromatic N) is 1. The fraction of sp³-hybridized carbons (Fsp3) is 0.778. The first kappa shape index (κ1) is 11.7. The summed E-state index contributed by atoms with van der Waals surface area (Å²) in [5.74, 6) is 0.986. The van der Waals surface area contributed by atoms with Gasteiger partial charge in [-0.15, -0.1) is 11.8 Å². The summed E-state index contributed by atoms with van der Waals surface area (Å²) in [7, 11) is 0. The number of hydrogen-bond acceptors (Lipinski definition) is 5. The van der Waals surface area contributed by atoms with Gasteiger partial charge >= 0.3 is 0 Å². The summed E-state index contributed by atoms with van der Waals surface area (Å²) in [6.45, 7) is 1.12. The molecule has 0 aromatic rings. The molecule has 0 aliphatic carbocycles. The Hall–Kier alpha value is -0.790. The van der Waals surface area contributed by atoms with Gasteiger partial charge in [0.15, 0.2) is 0 Å². The van der Waals surface area contributed by atoms with E-state index in [2.05, 4.69) is 5.32 Å². The van der Waals surface area contributed by atoms with Crippen LogP contribution in [0, 0.1) is 0 Å². The second-order valence-corrected chi connectivity index (χ2v) is 4.83. The number of amides is 2. The molecule has 0 spiro atoms. The lowest BCUT2D eigenvalue weighted by atomic mass is 10.1. The third-order valence-electron chi connectivity index (χ3n) is 2.75. The fourth-order valence-corrected chi connectivity index (χ4v) is 2.79. The molecule has 6 nitrogen and oxygen atoms in total. The van der Waals surface area contributed by atoms with Crippen LogP contribution in [0.25, 0.3) is 0 Å². The molecule has 7 heteroatoms. The summed E-state index contributed by atoms with van der Waals surface area (Å²) in [6.07, 6.45) is 0. The van der Waals surface area contributed by atoms with Crippen LogP contribution in [0.15, 0.2) is 0 Å². The molecule has 90 valence electrons. The minimum Gasteiger partial charge on any atom is -0.377 e. The summed E-state index contributed by atoms with van der Waals surface area (Å²) >= 11 is 1.68. The quantitative estimate of drug-likeness (QED) is 0.609. The lowest BCUT2D eigenvalue weighted by Gasteiger charge is -2.35. The van der Waals surface area contributed by atoms with Gasteiger partial charge in [-0.3, -0.25) is 14.9 Å². The Bertz CT molecular complexity index is 294. The summed E-state index contributed by atoms with van der Waals surface area (Å²) in [6, 6.07) is -0.807. The molecular weight excluding hydrogens is 230 g/mol. The van der Waals surface area contributed by atoms with E-state index < -0.39 is 11.9 Å². The first-order chi connectivity index (χ1) is 7.70. The predicted octanol–water partition coefficient (Wildman–Crippen LogP) is -1.64. The van der Waals surface area contributed by atoms with Crippen molar-refractivity contribution in [3.05, 3.63) is 0 Å². The number of ether oxygens (including phenoxy) is 1. The second-order valence-electron chi connectivity index (χ2n) is 3.80. The van der Waals surface area contributed by atoms with Crippen molar-refractivity contribution in [3.63, 3.8) is 0 Å². The highest BCUT2D eigenvalue weighted by Crippen LogP contribution is 2.15. The Kier molecular flexibility index (Phi) is 3.67. The van der Waals surface area contributed by atoms with E-state index in [1.54, 1.807) is 11.8 Å². The van der Waals surface area contributed by atoms with Crippen LogP contribution in [0.5, 0.6) is 0 Å². The molecule has 16 heavy (non-hydrogen) atoms. The highest BCUT2D eigenvalue weighted by molar-refractivity contribution is 7.99. The maximum absolute atomic E-state index is 12.1. The standard InChI is InChI=1S/C9H15N3O3S/c10-8(13)7-3-15-2-1-12(7)9(14)6-4-16-5-11-6/h6-7,11H,1-5H2,(H2,10,13). The number of thioether (sulfide) groups is 1. The smallest absolute Gasteiger partial charge is 0.242 e. The molecule has 0 saturated carbocycles. The van der Waals surface area contributed by atoms with E-state index in [9.17, 15) is 9.59 Å². The average molecular weight is 245 g/mol. The van der Waals surface area contributed by atoms with Crippen LogP contribution < -0.4 is 11.1 Å². The molecule has 0 radical (unpaired) electrons. The molecule has 0 aromatic carbocycles. The number of primary amides is 1. The van der Waals surface area contributed by atoms with Crippen LogP contribution in [0.3, 0.4) is 0 Å². The second kappa shape index (κ2) is 5.03. The van der Waals surface area contributed by atoms with Gasteiger partial charge in [0.05, 0.1) is 19.3 Å². The number of carbonyl (C=O) groups excluding carboxylic acids is 2. The molecule has 2 aliphatic rings. The third kappa shape index (κ3) is 2.31. The Morgan fingerprint density at radius 2 is 2.31 bits per heavy atom. The van der Waals surface area contributed by atoms with Gasteiger partial charge in [-0.1, -0.05) is 0 Å². The Labute approximate surface area is 97.9 Å². The topological polar surface area (TPSA) is 84.7 Å². The molecule has 0 aromatic heterocycles. The monoisotopic (exact) mass is 245 g/mol. The molecule has 2 aliphatic heterocycles. The van der Waals surface area contributed by atoms with E-state index in [4.69, 9.17) is 10.5 Å². The highest BCUT2D eigenvalue weighted by atomic mass is 32.2. The van der Waals surface area contributed by atoms with Gasteiger partial charge < -0.3 is 15.4 Å². The maximum atomic E-state index is 12.1. The summed E-state index contributed by atoms with van der Waals surface area (Å²) in [5, 5.41) is 3.09. The van der Waals surface area contributed by atoms with Crippen molar-refractivity contribution in [1.29, 1.82) is 0 Å². The Balaban J connectivity index is 2.04. The molecule has 3 N–H and O–H groups in total. The van der Waals surface area contributed by atoms with Crippen molar-refractivity contribution >= 4 is 23.6 Å². The zero-order valence-electron chi connectivity index (χ0n) is 8.85. The lowest BCUT2D eigenvalue weighted by Crippen LogP contribution is -2.58. The van der Waals surface area contributed by atoms with Crippen molar-refractivity contribution in [2.75, 3.05) is 31.4 Å². The number of nitrogens with one attached hydrogen (secondary N) is 1. The molecule has 2 heterocycles. The molecule has 2 rings (SSSR count). The van der Waals surface area contributed by atoms with Gasteiger partial charge in [0.1, 0.15) is 6.04 Å². The zero-order chi connectivity index (χ0) is 11.5. The molecule has 0 bridgehead atoms. The van der Waals surface area contributed by atoms with E-state index in [1.165, 1.54) is 4.90 Å². The number of rotatable bonds is 2. The third-order valence-corrected chi connectivity index (χ3v) is 3.69. The van der Waals surface area contributed by atoms with Crippen molar-refractivity contribution in [2.24, 2.45) is 5.73 Å². The van der Waals surface area contributed by atoms with E-state index in [0.29, 0.717) is 13.2 Å². The predicted molar refractivity (Wildman–Crippen MR) is 59.8 cm³/mol. The van der Waals surface area contributed by atoms with Crippen molar-refractivity contribution < 1.29 is 14.3 Å². The van der Waals surface area contributed by atoms with Crippen LogP contribution >= 0.6 is 11.8 Å². The van der Waals surface area contributed by atoms with Gasteiger partial charge in [0.2, 0.25) is 11.8 Å². The summed E-state index contributed by atoms with van der Waals surface area (Å²) in [5.41, 5.74) is 5.26. The maximum Gasteiger partial charge on any atom is 0.242 e. The highest BCUT2D eigenvalue weighted by Gasteiger charge is 2.35. The van der Waals surface area contributed by atoms with E-state index >= 15 is 0 Å². The molecule has 2 amide bonds. The van der Waals surface area contributed by atoms with Crippen LogP contribution in [-0.4, -0.2) is 60.2 Å². The molecule has 2 saturated heterocycles. The van der Waals surface area contributed by atoms with Crippen LogP contribution in [-0.2, 0) is 14.3 Å². The molecular formula is C9H15N3O3S. The van der Waals surface area contributed by atoms with Crippen molar-refractivity contribution in [2.45, 2.75) is 12.1 Å². The van der Waals surface area contributed by atoms with Gasteiger partial charge in [0.25, 0.3) is 0 Å². The normalized spacial score (nSPS) is 30.4. The molecule has 2 unspecified atom stereocenters. The first-order valence-corrected chi connectivity index (χ1v) is 6.34. The van der Waals surface area contributed by atoms with Gasteiger partial charge in [-0.25, -0.2) is 0 Å². The van der Waals surface area contributed by atoms with E-state index in [-0.39, 0.29) is 18.6 Å². The molecule has 2 fully saturated rings. The zero-order valence-corrected chi connectivity index (χ0v) is 9.66. The SMILES string of the molecule is NC(=O)C1COCCN1C(=O)C1CSCN1. The lowest BCUT2D eigenvalue weighted by molar-refractivity contribution is -0.148. The number of hydrogen-bond donors (Lipinski definition) is 2. The Morgan fingerprint density at radius 1 is 1.50 bits per heavy atom. The average Bonchev–Trinajstić information content (AvgIpc) is 2.81. The van der Waals surface area contributed by atoms with Crippen molar-refractivity contribution in [1.82, 2.24) is 10.2 Å². The van der Waals surface area contributed by atoms with Gasteiger partial charge in [-0.2, -0.15) is 0 Å². The number of nitrogens with two attached hydrogens (primary N) is 1. The van der Waals surface area contributed by atoms with Crippen molar-refractivity contribution in [3.8, 4) is 0 Å². The number of carbonyl (C=O) groups is 2. The van der Waals surface area contributed by atoms with E-state index in [1.807, 2.05) is 0 Å². The van der Waals surface area contributed by atoms with Crippen LogP contribution in [0.2, 0.25) is 0 Å². The van der Waals surface area contributed by atoms with Gasteiger partial charge in [0, 0.05) is 18.2 Å². The minimum atomic E-state index is -0.617. The first-order valence-electron chi connectivity index (χ1n) is 5.19. The van der Waals surface area contributed by atoms with Crippen LogP contribution in [0.4, 0.5) is 0 Å². The van der Waals surface area contributed by atoms with Crippen LogP contribution in [0.1, 0.15) is 0 Å². The number of morpholine rings is 1. The van der Waals surface area contributed by atoms with E-state index in [0.717, 1.165) is 11.6 Å². The Morgan fingerprint density at radius 3 is 2.94 bits per heavy atom. The molecule has 2 atom stereocenters. The summed E-state index contributed by atoms with van der Waals surface area (Å²) < 4.78 is 5.17. The fourth-order valence-electron chi connectivity index (χ4n) is 1.86. The minimum absolute atomic E-state index is 0.0444. The largest absolute Gasteiger partial charge is 0.377 e. The summed E-state index contributed by atoms with van der Waals surface area (Å²) in [4.78, 5) is 24.8. The van der Waals surface area contributed by atoms with Gasteiger partial charge in [-0.05, 0) is 0 Å².